The molecule has 0 aliphatic carbocycles. The molecule has 0 saturated carbocycles. The van der Waals surface area contributed by atoms with Gasteiger partial charge in [0.05, 0.1) is 6.21 Å². The molecule has 0 bridgehead atoms. The van der Waals surface area contributed by atoms with Crippen LogP contribution in [0.4, 0.5) is 0 Å². The maximum Gasteiger partial charge on any atom is 0.280 e. The molecule has 2 aromatic carbocycles. The highest BCUT2D eigenvalue weighted by Crippen LogP contribution is 2.18. The molecule has 1 amide bonds. The van der Waals surface area contributed by atoms with Crippen molar-refractivity contribution in [3.8, 4) is 5.75 Å². The van der Waals surface area contributed by atoms with E-state index in [9.17, 15) is 4.79 Å². The molecule has 4 nitrogen and oxygen atoms in total. The molecule has 22 heavy (non-hydrogen) atoms. The van der Waals surface area contributed by atoms with E-state index in [4.69, 9.17) is 4.74 Å². The number of amides is 1. The summed E-state index contributed by atoms with van der Waals surface area (Å²) in [5.41, 5.74) is 3.36. The van der Waals surface area contributed by atoms with Gasteiger partial charge in [0.1, 0.15) is 5.75 Å². The first kappa shape index (κ1) is 16.7. The molecule has 0 saturated heterocycles. The summed E-state index contributed by atoms with van der Waals surface area (Å²) < 4.78 is 7.44. The summed E-state index contributed by atoms with van der Waals surface area (Å²) in [4.78, 5) is 11.9. The van der Waals surface area contributed by atoms with Crippen LogP contribution in [0.3, 0.4) is 0 Å². The Labute approximate surface area is 145 Å². The Morgan fingerprint density at radius 1 is 1.18 bits per heavy atom. The standard InChI is InChI=1S/C16H14Br2N2O2/c1-11(22-15-4-2-3-14(18)9-15)16(21)20-19-10-12-5-7-13(17)8-6-12/h2-11H,1H3,(H,20,21)/b19-10-/t11-/m1/s1. The average Bonchev–Trinajstić information content (AvgIpc) is 2.49. The third-order valence-electron chi connectivity index (χ3n) is 2.74. The SMILES string of the molecule is C[C@@H](Oc1cccc(Br)c1)C(=O)N/N=C\c1ccc(Br)cc1. The van der Waals surface area contributed by atoms with Gasteiger partial charge in [-0.05, 0) is 42.8 Å². The molecule has 0 fully saturated rings. The number of hydrazone groups is 1. The van der Waals surface area contributed by atoms with Crippen LogP contribution in [0.2, 0.25) is 0 Å². The number of carbonyl (C=O) groups excluding carboxylic acids is 1. The van der Waals surface area contributed by atoms with E-state index in [1.807, 2.05) is 36.4 Å². The summed E-state index contributed by atoms with van der Waals surface area (Å²) in [6, 6.07) is 14.9. The first-order chi connectivity index (χ1) is 10.5. The molecule has 0 aliphatic heterocycles. The Balaban J connectivity index is 1.87. The Morgan fingerprint density at radius 3 is 2.59 bits per heavy atom. The lowest BCUT2D eigenvalue weighted by Crippen LogP contribution is -2.33. The highest BCUT2D eigenvalue weighted by Gasteiger charge is 2.13. The second-order valence-electron chi connectivity index (χ2n) is 4.50. The predicted octanol–water partition coefficient (Wildman–Crippen LogP) is 4.13. The first-order valence-corrected chi connectivity index (χ1v) is 8.14. The number of halogens is 2. The largest absolute Gasteiger partial charge is 0.481 e. The minimum atomic E-state index is -0.642. The van der Waals surface area contributed by atoms with Gasteiger partial charge in [0.15, 0.2) is 6.10 Å². The molecule has 0 heterocycles. The number of ether oxygens (including phenoxy) is 1. The maximum absolute atomic E-state index is 11.9. The van der Waals surface area contributed by atoms with Gasteiger partial charge in [-0.25, -0.2) is 5.43 Å². The van der Waals surface area contributed by atoms with Crippen molar-refractivity contribution >= 4 is 44.0 Å². The van der Waals surface area contributed by atoms with E-state index in [1.165, 1.54) is 0 Å². The molecule has 0 radical (unpaired) electrons. The normalized spacial score (nSPS) is 12.1. The third kappa shape index (κ3) is 5.27. The van der Waals surface area contributed by atoms with E-state index in [0.29, 0.717) is 5.75 Å². The van der Waals surface area contributed by atoms with Crippen molar-refractivity contribution in [2.75, 3.05) is 0 Å². The van der Waals surface area contributed by atoms with Gasteiger partial charge in [-0.3, -0.25) is 4.79 Å². The number of hydrogen-bond donors (Lipinski definition) is 1. The van der Waals surface area contributed by atoms with Crippen LogP contribution in [0.5, 0.6) is 5.75 Å². The number of hydrogen-bond acceptors (Lipinski definition) is 3. The minimum absolute atomic E-state index is 0.312. The summed E-state index contributed by atoms with van der Waals surface area (Å²) in [5.74, 6) is 0.308. The first-order valence-electron chi connectivity index (χ1n) is 6.55. The lowest BCUT2D eigenvalue weighted by atomic mass is 10.2. The number of benzene rings is 2. The average molecular weight is 426 g/mol. The summed E-state index contributed by atoms with van der Waals surface area (Å²) in [7, 11) is 0. The summed E-state index contributed by atoms with van der Waals surface area (Å²) in [5, 5.41) is 3.92. The van der Waals surface area contributed by atoms with Crippen LogP contribution in [0, 0.1) is 0 Å². The smallest absolute Gasteiger partial charge is 0.280 e. The van der Waals surface area contributed by atoms with E-state index in [2.05, 4.69) is 42.4 Å². The second-order valence-corrected chi connectivity index (χ2v) is 6.33. The lowest BCUT2D eigenvalue weighted by Gasteiger charge is -2.12. The van der Waals surface area contributed by atoms with Gasteiger partial charge in [-0.15, -0.1) is 0 Å². The van der Waals surface area contributed by atoms with Gasteiger partial charge >= 0.3 is 0 Å². The van der Waals surface area contributed by atoms with Crippen molar-refractivity contribution in [1.82, 2.24) is 5.43 Å². The number of rotatable bonds is 5. The molecule has 1 atom stereocenters. The second kappa shape index (κ2) is 8.10. The van der Waals surface area contributed by atoms with Crippen molar-refractivity contribution in [3.63, 3.8) is 0 Å². The fraction of sp³-hybridized carbons (Fsp3) is 0.125. The molecule has 0 unspecified atom stereocenters. The number of carbonyl (C=O) groups is 1. The zero-order valence-electron chi connectivity index (χ0n) is 11.8. The maximum atomic E-state index is 11.9. The van der Waals surface area contributed by atoms with Crippen LogP contribution >= 0.6 is 31.9 Å². The van der Waals surface area contributed by atoms with Gasteiger partial charge in [-0.2, -0.15) is 5.10 Å². The molecular weight excluding hydrogens is 412 g/mol. The summed E-state index contributed by atoms with van der Waals surface area (Å²) >= 11 is 6.71. The molecule has 114 valence electrons. The van der Waals surface area contributed by atoms with Crippen molar-refractivity contribution < 1.29 is 9.53 Å². The van der Waals surface area contributed by atoms with E-state index in [-0.39, 0.29) is 5.91 Å². The monoisotopic (exact) mass is 424 g/mol. The lowest BCUT2D eigenvalue weighted by molar-refractivity contribution is -0.127. The van der Waals surface area contributed by atoms with Gasteiger partial charge in [0.25, 0.3) is 5.91 Å². The van der Waals surface area contributed by atoms with Crippen molar-refractivity contribution in [3.05, 3.63) is 63.0 Å². The number of nitrogens with one attached hydrogen (secondary N) is 1. The quantitative estimate of drug-likeness (QED) is 0.578. The van der Waals surface area contributed by atoms with Crippen molar-refractivity contribution in [2.24, 2.45) is 5.10 Å². The predicted molar refractivity (Wildman–Crippen MR) is 94.1 cm³/mol. The highest BCUT2D eigenvalue weighted by molar-refractivity contribution is 9.10. The van der Waals surface area contributed by atoms with Gasteiger partial charge < -0.3 is 4.74 Å². The summed E-state index contributed by atoms with van der Waals surface area (Å²) in [6.45, 7) is 1.67. The Kier molecular flexibility index (Phi) is 6.15. The highest BCUT2D eigenvalue weighted by atomic mass is 79.9. The van der Waals surface area contributed by atoms with Crippen molar-refractivity contribution in [2.45, 2.75) is 13.0 Å². The zero-order chi connectivity index (χ0) is 15.9. The van der Waals surface area contributed by atoms with Crippen LogP contribution in [0.1, 0.15) is 12.5 Å². The van der Waals surface area contributed by atoms with Gasteiger partial charge in [-0.1, -0.05) is 50.1 Å². The topological polar surface area (TPSA) is 50.7 Å². The minimum Gasteiger partial charge on any atom is -0.481 e. The Morgan fingerprint density at radius 2 is 1.91 bits per heavy atom. The summed E-state index contributed by atoms with van der Waals surface area (Å²) in [6.07, 6.45) is 0.937. The molecule has 0 spiro atoms. The van der Waals surface area contributed by atoms with Crippen LogP contribution in [-0.2, 0) is 4.79 Å². The zero-order valence-corrected chi connectivity index (χ0v) is 15.0. The van der Waals surface area contributed by atoms with Crippen LogP contribution in [-0.4, -0.2) is 18.2 Å². The van der Waals surface area contributed by atoms with E-state index >= 15 is 0 Å². The van der Waals surface area contributed by atoms with Gasteiger partial charge in [0.2, 0.25) is 0 Å². The third-order valence-corrected chi connectivity index (χ3v) is 3.76. The fourth-order valence-corrected chi connectivity index (χ4v) is 2.25. The Bertz CT molecular complexity index is 672. The van der Waals surface area contributed by atoms with E-state index in [0.717, 1.165) is 14.5 Å². The molecule has 6 heteroatoms. The van der Waals surface area contributed by atoms with Gasteiger partial charge in [0, 0.05) is 8.95 Å². The Hall–Kier alpha value is -1.66. The molecule has 0 aromatic heterocycles. The van der Waals surface area contributed by atoms with Crippen LogP contribution in [0.15, 0.2) is 62.6 Å². The fourth-order valence-electron chi connectivity index (χ4n) is 1.61. The van der Waals surface area contributed by atoms with Crippen LogP contribution < -0.4 is 10.2 Å². The van der Waals surface area contributed by atoms with Crippen LogP contribution in [0.25, 0.3) is 0 Å². The number of nitrogens with zero attached hydrogens (tertiary/aromatic N) is 1. The molecular formula is C16H14Br2N2O2. The molecule has 2 rings (SSSR count). The molecule has 1 N–H and O–H groups in total. The van der Waals surface area contributed by atoms with E-state index < -0.39 is 6.10 Å². The molecule has 2 aromatic rings. The molecule has 0 aliphatic rings. The van der Waals surface area contributed by atoms with Crippen molar-refractivity contribution in [1.29, 1.82) is 0 Å². The van der Waals surface area contributed by atoms with E-state index in [1.54, 1.807) is 25.3 Å².